The highest BCUT2D eigenvalue weighted by molar-refractivity contribution is 4.91. The molecule has 3 unspecified atom stereocenters. The smallest absolute Gasteiger partial charge is 0.0659 e. The first-order valence-electron chi connectivity index (χ1n) is 6.54. The Kier molecular flexibility index (Phi) is 5.22. The number of ether oxygens (including phenoxy) is 1. The summed E-state index contributed by atoms with van der Waals surface area (Å²) in [5.41, 5.74) is 5.96. The third-order valence-electron chi connectivity index (χ3n) is 3.69. The lowest BCUT2D eigenvalue weighted by Gasteiger charge is -2.46. The Balaban J connectivity index is 2.63. The van der Waals surface area contributed by atoms with Crippen LogP contribution in [0.2, 0.25) is 0 Å². The van der Waals surface area contributed by atoms with E-state index in [1.165, 1.54) is 6.42 Å². The van der Waals surface area contributed by atoms with E-state index in [1.807, 2.05) is 6.92 Å². The Labute approximate surface area is 100 Å². The molecule has 0 amide bonds. The standard InChI is InChI=1S/C13H28N2O/c1-5-16-10-13(4,9-14)15-7-11(2)6-12(3)8-15/h11-12H,5-10,14H2,1-4H3. The summed E-state index contributed by atoms with van der Waals surface area (Å²) in [6.45, 7) is 13.4. The van der Waals surface area contributed by atoms with Crippen LogP contribution in [0.1, 0.15) is 34.1 Å². The lowest BCUT2D eigenvalue weighted by atomic mass is 9.87. The molecular weight excluding hydrogens is 200 g/mol. The summed E-state index contributed by atoms with van der Waals surface area (Å²) < 4.78 is 5.59. The van der Waals surface area contributed by atoms with E-state index in [9.17, 15) is 0 Å². The van der Waals surface area contributed by atoms with Crippen LogP contribution in [0, 0.1) is 11.8 Å². The van der Waals surface area contributed by atoms with Crippen LogP contribution in [0.25, 0.3) is 0 Å². The van der Waals surface area contributed by atoms with Crippen LogP contribution in [0.3, 0.4) is 0 Å². The molecule has 1 rings (SSSR count). The van der Waals surface area contributed by atoms with Gasteiger partial charge in [0.05, 0.1) is 12.1 Å². The molecule has 3 heteroatoms. The maximum absolute atomic E-state index is 5.95. The van der Waals surface area contributed by atoms with Crippen molar-refractivity contribution >= 4 is 0 Å². The summed E-state index contributed by atoms with van der Waals surface area (Å²) in [5, 5.41) is 0. The van der Waals surface area contributed by atoms with E-state index in [-0.39, 0.29) is 5.54 Å². The van der Waals surface area contributed by atoms with Gasteiger partial charge < -0.3 is 10.5 Å². The fourth-order valence-corrected chi connectivity index (χ4v) is 2.70. The van der Waals surface area contributed by atoms with Crippen molar-refractivity contribution in [2.75, 3.05) is 32.8 Å². The maximum atomic E-state index is 5.95. The van der Waals surface area contributed by atoms with E-state index in [1.54, 1.807) is 0 Å². The van der Waals surface area contributed by atoms with Crippen LogP contribution >= 0.6 is 0 Å². The number of hydrogen-bond acceptors (Lipinski definition) is 3. The van der Waals surface area contributed by atoms with Gasteiger partial charge >= 0.3 is 0 Å². The monoisotopic (exact) mass is 228 g/mol. The predicted molar refractivity (Wildman–Crippen MR) is 68.5 cm³/mol. The molecule has 1 saturated heterocycles. The molecule has 3 atom stereocenters. The van der Waals surface area contributed by atoms with E-state index in [0.29, 0.717) is 6.54 Å². The molecule has 0 spiro atoms. The van der Waals surface area contributed by atoms with Crippen molar-refractivity contribution in [1.29, 1.82) is 0 Å². The summed E-state index contributed by atoms with van der Waals surface area (Å²) in [6.07, 6.45) is 1.34. The number of nitrogens with two attached hydrogens (primary N) is 1. The molecule has 96 valence electrons. The van der Waals surface area contributed by atoms with Crippen molar-refractivity contribution in [2.45, 2.75) is 39.7 Å². The SMILES string of the molecule is CCOCC(C)(CN)N1CC(C)CC(C)C1. The van der Waals surface area contributed by atoms with Gasteiger partial charge in [-0.15, -0.1) is 0 Å². The van der Waals surface area contributed by atoms with Gasteiger partial charge in [0.15, 0.2) is 0 Å². The van der Waals surface area contributed by atoms with Gasteiger partial charge in [-0.1, -0.05) is 13.8 Å². The van der Waals surface area contributed by atoms with Crippen molar-refractivity contribution in [3.05, 3.63) is 0 Å². The molecule has 1 fully saturated rings. The second-order valence-electron chi connectivity index (χ2n) is 5.69. The van der Waals surface area contributed by atoms with Gasteiger partial charge in [-0.25, -0.2) is 0 Å². The zero-order chi connectivity index (χ0) is 12.2. The minimum Gasteiger partial charge on any atom is -0.380 e. The first-order chi connectivity index (χ1) is 7.51. The molecule has 2 N–H and O–H groups in total. The number of hydrogen-bond donors (Lipinski definition) is 1. The first kappa shape index (κ1) is 13.9. The molecule has 0 radical (unpaired) electrons. The fraction of sp³-hybridized carbons (Fsp3) is 1.00. The van der Waals surface area contributed by atoms with Crippen LogP contribution in [0.5, 0.6) is 0 Å². The van der Waals surface area contributed by atoms with Crippen molar-refractivity contribution in [3.8, 4) is 0 Å². The first-order valence-corrected chi connectivity index (χ1v) is 6.54. The van der Waals surface area contributed by atoms with Gasteiger partial charge in [-0.2, -0.15) is 0 Å². The number of likely N-dealkylation sites (tertiary alicyclic amines) is 1. The van der Waals surface area contributed by atoms with Gasteiger partial charge in [-0.05, 0) is 32.1 Å². The Morgan fingerprint density at radius 3 is 2.31 bits per heavy atom. The summed E-state index contributed by atoms with van der Waals surface area (Å²) in [6, 6.07) is 0. The number of piperidine rings is 1. The van der Waals surface area contributed by atoms with Crippen molar-refractivity contribution < 1.29 is 4.74 Å². The number of nitrogens with zero attached hydrogens (tertiary/aromatic N) is 1. The Bertz CT molecular complexity index is 200. The second-order valence-corrected chi connectivity index (χ2v) is 5.69. The molecule has 0 bridgehead atoms. The van der Waals surface area contributed by atoms with E-state index in [0.717, 1.165) is 38.1 Å². The van der Waals surface area contributed by atoms with E-state index >= 15 is 0 Å². The summed E-state index contributed by atoms with van der Waals surface area (Å²) in [4.78, 5) is 2.53. The van der Waals surface area contributed by atoms with E-state index < -0.39 is 0 Å². The Morgan fingerprint density at radius 2 is 1.88 bits per heavy atom. The van der Waals surface area contributed by atoms with Crippen LogP contribution in [-0.4, -0.2) is 43.3 Å². The van der Waals surface area contributed by atoms with Crippen LogP contribution < -0.4 is 5.73 Å². The molecule has 0 aromatic carbocycles. The second kappa shape index (κ2) is 5.99. The van der Waals surface area contributed by atoms with Gasteiger partial charge in [0.25, 0.3) is 0 Å². The van der Waals surface area contributed by atoms with Gasteiger partial charge in [0, 0.05) is 26.2 Å². The Morgan fingerprint density at radius 1 is 1.31 bits per heavy atom. The minimum absolute atomic E-state index is 0.0128. The molecule has 1 aliphatic heterocycles. The third kappa shape index (κ3) is 3.44. The van der Waals surface area contributed by atoms with E-state index in [4.69, 9.17) is 10.5 Å². The van der Waals surface area contributed by atoms with Gasteiger partial charge in [0.1, 0.15) is 0 Å². The van der Waals surface area contributed by atoms with Crippen molar-refractivity contribution in [3.63, 3.8) is 0 Å². The zero-order valence-electron chi connectivity index (χ0n) is 11.3. The summed E-state index contributed by atoms with van der Waals surface area (Å²) >= 11 is 0. The third-order valence-corrected chi connectivity index (χ3v) is 3.69. The topological polar surface area (TPSA) is 38.5 Å². The summed E-state index contributed by atoms with van der Waals surface area (Å²) in [5.74, 6) is 1.55. The highest BCUT2D eigenvalue weighted by Gasteiger charge is 2.35. The van der Waals surface area contributed by atoms with Crippen LogP contribution in [0.4, 0.5) is 0 Å². The quantitative estimate of drug-likeness (QED) is 0.778. The molecule has 0 aromatic heterocycles. The molecule has 0 aromatic rings. The maximum Gasteiger partial charge on any atom is 0.0659 e. The molecular formula is C13H28N2O. The van der Waals surface area contributed by atoms with Crippen LogP contribution in [0.15, 0.2) is 0 Å². The normalized spacial score (nSPS) is 31.3. The highest BCUT2D eigenvalue weighted by Crippen LogP contribution is 2.27. The largest absolute Gasteiger partial charge is 0.380 e. The Hall–Kier alpha value is -0.120. The van der Waals surface area contributed by atoms with E-state index in [2.05, 4.69) is 25.7 Å². The molecule has 0 aliphatic carbocycles. The molecule has 1 aliphatic rings. The van der Waals surface area contributed by atoms with Gasteiger partial charge in [0.2, 0.25) is 0 Å². The number of rotatable bonds is 5. The molecule has 3 nitrogen and oxygen atoms in total. The molecule has 1 heterocycles. The lowest BCUT2D eigenvalue weighted by Crippen LogP contribution is -2.58. The molecule has 16 heavy (non-hydrogen) atoms. The molecule has 0 saturated carbocycles. The highest BCUT2D eigenvalue weighted by atomic mass is 16.5. The lowest BCUT2D eigenvalue weighted by molar-refractivity contribution is -0.0209. The minimum atomic E-state index is 0.0128. The van der Waals surface area contributed by atoms with Crippen molar-refractivity contribution in [2.24, 2.45) is 17.6 Å². The zero-order valence-corrected chi connectivity index (χ0v) is 11.3. The predicted octanol–water partition coefficient (Wildman–Crippen LogP) is 1.72. The van der Waals surface area contributed by atoms with Crippen LogP contribution in [-0.2, 0) is 4.74 Å². The fourth-order valence-electron chi connectivity index (χ4n) is 2.70. The average Bonchev–Trinajstić information content (AvgIpc) is 2.24. The average molecular weight is 228 g/mol. The summed E-state index contributed by atoms with van der Waals surface area (Å²) in [7, 11) is 0. The van der Waals surface area contributed by atoms with Crippen molar-refractivity contribution in [1.82, 2.24) is 4.90 Å². The van der Waals surface area contributed by atoms with Gasteiger partial charge in [-0.3, -0.25) is 4.90 Å².